The van der Waals surface area contributed by atoms with Gasteiger partial charge in [-0.05, 0) is 42.0 Å². The number of benzene rings is 3. The molecule has 0 aliphatic heterocycles. The third-order valence-corrected chi connectivity index (χ3v) is 4.41. The molecule has 4 rings (SSSR count). The number of hydrogen-bond acceptors (Lipinski definition) is 4. The van der Waals surface area contributed by atoms with Crippen LogP contribution >= 0.6 is 0 Å². The van der Waals surface area contributed by atoms with Crippen molar-refractivity contribution in [2.75, 3.05) is 0 Å². The van der Waals surface area contributed by atoms with E-state index >= 15 is 0 Å². The average Bonchev–Trinajstić information content (AvgIpc) is 2.75. The van der Waals surface area contributed by atoms with Crippen LogP contribution in [0.2, 0.25) is 0 Å². The molecule has 0 saturated carbocycles. The van der Waals surface area contributed by atoms with E-state index in [0.717, 1.165) is 11.3 Å². The summed E-state index contributed by atoms with van der Waals surface area (Å²) in [6, 6.07) is 24.1. The maximum Gasteiger partial charge on any atom is 0.261 e. The van der Waals surface area contributed by atoms with E-state index in [9.17, 15) is 9.59 Å². The molecule has 6 heteroatoms. The summed E-state index contributed by atoms with van der Waals surface area (Å²) in [7, 11) is 0. The Hall–Kier alpha value is -3.93. The van der Waals surface area contributed by atoms with Crippen LogP contribution in [-0.2, 0) is 17.9 Å². The van der Waals surface area contributed by atoms with Gasteiger partial charge in [0.05, 0.1) is 17.2 Å². The molecule has 0 radical (unpaired) electrons. The number of amides is 1. The van der Waals surface area contributed by atoms with E-state index < -0.39 is 0 Å². The molecule has 0 unspecified atom stereocenters. The van der Waals surface area contributed by atoms with Crippen LogP contribution in [0.5, 0.6) is 11.5 Å². The maximum atomic E-state index is 12.5. The number of ether oxygens (including phenoxy) is 1. The van der Waals surface area contributed by atoms with E-state index in [4.69, 9.17) is 4.74 Å². The Morgan fingerprint density at radius 3 is 2.55 bits per heavy atom. The second-order valence-corrected chi connectivity index (χ2v) is 6.53. The van der Waals surface area contributed by atoms with E-state index in [1.165, 1.54) is 10.9 Å². The van der Waals surface area contributed by atoms with Crippen LogP contribution in [0.25, 0.3) is 10.9 Å². The Labute approximate surface area is 167 Å². The predicted molar refractivity (Wildman–Crippen MR) is 111 cm³/mol. The van der Waals surface area contributed by atoms with Crippen LogP contribution in [0.4, 0.5) is 0 Å². The van der Waals surface area contributed by atoms with Crippen LogP contribution in [-0.4, -0.2) is 15.5 Å². The lowest BCUT2D eigenvalue weighted by molar-refractivity contribution is -0.121. The van der Waals surface area contributed by atoms with Crippen molar-refractivity contribution in [3.8, 4) is 11.5 Å². The number of rotatable bonds is 6. The quantitative estimate of drug-likeness (QED) is 0.551. The third-order valence-electron chi connectivity index (χ3n) is 4.41. The molecule has 0 saturated heterocycles. The molecule has 6 nitrogen and oxygen atoms in total. The summed E-state index contributed by atoms with van der Waals surface area (Å²) in [5.41, 5.74) is 1.28. The summed E-state index contributed by atoms with van der Waals surface area (Å²) in [4.78, 5) is 29.0. The Morgan fingerprint density at radius 2 is 1.69 bits per heavy atom. The summed E-state index contributed by atoms with van der Waals surface area (Å²) in [6.07, 6.45) is 1.40. The smallest absolute Gasteiger partial charge is 0.261 e. The minimum absolute atomic E-state index is 0.0864. The predicted octanol–water partition coefficient (Wildman–Crippen LogP) is 3.51. The highest BCUT2D eigenvalue weighted by Crippen LogP contribution is 2.21. The highest BCUT2D eigenvalue weighted by molar-refractivity contribution is 5.78. The summed E-state index contributed by atoms with van der Waals surface area (Å²) >= 11 is 0. The molecular weight excluding hydrogens is 366 g/mol. The highest BCUT2D eigenvalue weighted by atomic mass is 16.5. The van der Waals surface area contributed by atoms with Gasteiger partial charge in [0.25, 0.3) is 5.56 Å². The molecule has 0 aliphatic carbocycles. The topological polar surface area (TPSA) is 73.2 Å². The normalized spacial score (nSPS) is 10.6. The number of para-hydroxylation sites is 2. The molecule has 0 bridgehead atoms. The standard InChI is InChI=1S/C23H19N3O3/c27-22(15-26-16-25-21-12-5-4-11-20(21)23(26)28)24-14-17-7-6-10-19(13-17)29-18-8-2-1-3-9-18/h1-13,16H,14-15H2,(H,24,27). The first-order valence-electron chi connectivity index (χ1n) is 9.22. The SMILES string of the molecule is O=C(Cn1cnc2ccccc2c1=O)NCc1cccc(Oc2ccccc2)c1. The van der Waals surface area contributed by atoms with Crippen molar-refractivity contribution in [1.82, 2.24) is 14.9 Å². The fraction of sp³-hybridized carbons (Fsp3) is 0.0870. The van der Waals surface area contributed by atoms with Gasteiger partial charge in [0.1, 0.15) is 18.0 Å². The van der Waals surface area contributed by atoms with Gasteiger partial charge in [0.15, 0.2) is 0 Å². The van der Waals surface area contributed by atoms with E-state index in [1.807, 2.05) is 60.7 Å². The van der Waals surface area contributed by atoms with Crippen molar-refractivity contribution in [2.24, 2.45) is 0 Å². The molecule has 0 atom stereocenters. The minimum Gasteiger partial charge on any atom is -0.457 e. The number of nitrogens with zero attached hydrogens (tertiary/aromatic N) is 2. The minimum atomic E-state index is -0.265. The van der Waals surface area contributed by atoms with Gasteiger partial charge in [0.2, 0.25) is 5.91 Å². The first kappa shape index (κ1) is 18.4. The van der Waals surface area contributed by atoms with E-state index in [0.29, 0.717) is 23.2 Å². The molecule has 1 heterocycles. The lowest BCUT2D eigenvalue weighted by atomic mass is 10.2. The maximum absolute atomic E-state index is 12.5. The number of hydrogen-bond donors (Lipinski definition) is 1. The van der Waals surface area contributed by atoms with Crippen LogP contribution in [0.1, 0.15) is 5.56 Å². The van der Waals surface area contributed by atoms with Crippen LogP contribution in [0.3, 0.4) is 0 Å². The van der Waals surface area contributed by atoms with E-state index in [-0.39, 0.29) is 18.0 Å². The highest BCUT2D eigenvalue weighted by Gasteiger charge is 2.08. The van der Waals surface area contributed by atoms with Gasteiger partial charge in [0, 0.05) is 6.54 Å². The van der Waals surface area contributed by atoms with Crippen molar-refractivity contribution >= 4 is 16.8 Å². The zero-order valence-electron chi connectivity index (χ0n) is 15.6. The van der Waals surface area contributed by atoms with E-state index in [2.05, 4.69) is 10.3 Å². The second-order valence-electron chi connectivity index (χ2n) is 6.53. The van der Waals surface area contributed by atoms with Gasteiger partial charge in [-0.1, -0.05) is 42.5 Å². The van der Waals surface area contributed by atoms with Gasteiger partial charge in [-0.3, -0.25) is 14.2 Å². The first-order valence-corrected chi connectivity index (χ1v) is 9.22. The van der Waals surface area contributed by atoms with Crippen molar-refractivity contribution in [3.05, 3.63) is 101 Å². The number of carbonyl (C=O) groups excluding carboxylic acids is 1. The van der Waals surface area contributed by atoms with E-state index in [1.54, 1.807) is 18.2 Å². The number of carbonyl (C=O) groups is 1. The molecule has 4 aromatic rings. The average molecular weight is 385 g/mol. The van der Waals surface area contributed by atoms with Gasteiger partial charge in [-0.2, -0.15) is 0 Å². The number of fused-ring (bicyclic) bond motifs is 1. The fourth-order valence-corrected chi connectivity index (χ4v) is 2.97. The Kier molecular flexibility index (Phi) is 5.33. The summed E-state index contributed by atoms with van der Waals surface area (Å²) < 4.78 is 7.12. The summed E-state index contributed by atoms with van der Waals surface area (Å²) in [5.74, 6) is 1.17. The van der Waals surface area contributed by atoms with Crippen molar-refractivity contribution in [2.45, 2.75) is 13.1 Å². The summed E-state index contributed by atoms with van der Waals surface area (Å²) in [6.45, 7) is 0.247. The monoisotopic (exact) mass is 385 g/mol. The van der Waals surface area contributed by atoms with Crippen LogP contribution < -0.4 is 15.6 Å². The Morgan fingerprint density at radius 1 is 0.931 bits per heavy atom. The zero-order chi connectivity index (χ0) is 20.1. The molecule has 144 valence electrons. The Bertz CT molecular complexity index is 1200. The number of aromatic nitrogens is 2. The van der Waals surface area contributed by atoms with Gasteiger partial charge < -0.3 is 10.1 Å². The molecule has 1 aromatic heterocycles. The molecular formula is C23H19N3O3. The molecule has 1 amide bonds. The summed E-state index contributed by atoms with van der Waals surface area (Å²) in [5, 5.41) is 3.33. The van der Waals surface area contributed by atoms with Crippen molar-refractivity contribution in [3.63, 3.8) is 0 Å². The lowest BCUT2D eigenvalue weighted by Gasteiger charge is -2.10. The van der Waals surface area contributed by atoms with Crippen LogP contribution in [0.15, 0.2) is 90.0 Å². The van der Waals surface area contributed by atoms with Gasteiger partial charge in [-0.25, -0.2) is 4.98 Å². The zero-order valence-corrected chi connectivity index (χ0v) is 15.6. The largest absolute Gasteiger partial charge is 0.457 e. The Balaban J connectivity index is 1.39. The van der Waals surface area contributed by atoms with Crippen LogP contribution in [0, 0.1) is 0 Å². The molecule has 1 N–H and O–H groups in total. The van der Waals surface area contributed by atoms with Crippen molar-refractivity contribution in [1.29, 1.82) is 0 Å². The second kappa shape index (κ2) is 8.39. The molecule has 0 aliphatic rings. The lowest BCUT2D eigenvalue weighted by Crippen LogP contribution is -2.32. The first-order chi connectivity index (χ1) is 14.2. The molecule has 0 fully saturated rings. The third kappa shape index (κ3) is 4.50. The molecule has 29 heavy (non-hydrogen) atoms. The molecule has 0 spiro atoms. The van der Waals surface area contributed by atoms with Gasteiger partial charge in [-0.15, -0.1) is 0 Å². The molecule has 3 aromatic carbocycles. The van der Waals surface area contributed by atoms with Gasteiger partial charge >= 0.3 is 0 Å². The number of nitrogens with one attached hydrogen (secondary N) is 1. The van der Waals surface area contributed by atoms with Crippen molar-refractivity contribution < 1.29 is 9.53 Å². The fourth-order valence-electron chi connectivity index (χ4n) is 2.97.